The van der Waals surface area contributed by atoms with Crippen LogP contribution in [0.1, 0.15) is 58.8 Å². The Labute approximate surface area is 113 Å². The van der Waals surface area contributed by atoms with E-state index in [2.05, 4.69) is 31.6 Å². The summed E-state index contributed by atoms with van der Waals surface area (Å²) >= 11 is 2.31. The van der Waals surface area contributed by atoms with Gasteiger partial charge in [-0.15, -0.1) is 0 Å². The summed E-state index contributed by atoms with van der Waals surface area (Å²) in [4.78, 5) is 18.9. The van der Waals surface area contributed by atoms with Gasteiger partial charge in [-0.05, 0) is 0 Å². The van der Waals surface area contributed by atoms with Gasteiger partial charge in [0.25, 0.3) is 0 Å². The second-order valence-corrected chi connectivity index (χ2v) is 4.56. The standard InChI is InChI=1S/C9H19.C3H4O4.Li/c1-3-5-7-9-8-6-4-2;4-2(5)1-3(6)7;/h3H,4-9H2,1-2H3;1H2,(H,4,5)(H,6,7);. The van der Waals surface area contributed by atoms with Gasteiger partial charge >= 0.3 is 86.6 Å². The minimum absolute atomic E-state index is 0.806. The zero-order chi connectivity index (χ0) is 13.7. The molecule has 0 aromatic heterocycles. The number of aliphatic carboxylic acids is 2. The Bertz CT molecular complexity index is 193. The molecular formula is C12H23LiO4. The van der Waals surface area contributed by atoms with Crippen LogP contribution < -0.4 is 0 Å². The maximum absolute atomic E-state index is 9.43. The van der Waals surface area contributed by atoms with Gasteiger partial charge in [0.15, 0.2) is 0 Å². The van der Waals surface area contributed by atoms with E-state index < -0.39 is 18.4 Å². The molecule has 0 saturated carbocycles. The predicted molar refractivity (Wildman–Crippen MR) is 68.4 cm³/mol. The molecule has 1 atom stereocenters. The Morgan fingerprint density at radius 1 is 1.06 bits per heavy atom. The van der Waals surface area contributed by atoms with E-state index >= 15 is 0 Å². The van der Waals surface area contributed by atoms with E-state index in [0.717, 1.165) is 4.59 Å². The first-order chi connectivity index (χ1) is 7.90. The zero-order valence-electron chi connectivity index (χ0n) is 11.2. The normalized spacial score (nSPS) is 11.3. The summed E-state index contributed by atoms with van der Waals surface area (Å²) < 4.78 is 0.904. The van der Waals surface area contributed by atoms with E-state index in [-0.39, 0.29) is 0 Å². The van der Waals surface area contributed by atoms with Crippen LogP contribution in [0.4, 0.5) is 0 Å². The van der Waals surface area contributed by atoms with Crippen LogP contribution in [0.2, 0.25) is 4.59 Å². The van der Waals surface area contributed by atoms with Gasteiger partial charge in [-0.25, -0.2) is 0 Å². The van der Waals surface area contributed by atoms with Crippen LogP contribution in [0.3, 0.4) is 0 Å². The topological polar surface area (TPSA) is 74.6 Å². The predicted octanol–water partition coefficient (Wildman–Crippen LogP) is 2.87. The van der Waals surface area contributed by atoms with Gasteiger partial charge < -0.3 is 10.2 Å². The van der Waals surface area contributed by atoms with Crippen molar-refractivity contribution in [2.45, 2.75) is 63.4 Å². The first-order valence-electron chi connectivity index (χ1n) is 6.33. The van der Waals surface area contributed by atoms with E-state index in [1.807, 2.05) is 0 Å². The van der Waals surface area contributed by atoms with E-state index in [1.165, 1.54) is 38.5 Å². The number of hydrogen-bond donors (Lipinski definition) is 2. The summed E-state index contributed by atoms with van der Waals surface area (Å²) in [6.07, 6.45) is 7.75. The van der Waals surface area contributed by atoms with Crippen molar-refractivity contribution in [2.24, 2.45) is 0 Å². The summed E-state index contributed by atoms with van der Waals surface area (Å²) in [6.45, 7) is 4.57. The van der Waals surface area contributed by atoms with Crippen molar-refractivity contribution >= 4 is 29.7 Å². The number of rotatable bonds is 8. The van der Waals surface area contributed by atoms with Crippen LogP contribution in [0.5, 0.6) is 0 Å². The zero-order valence-corrected chi connectivity index (χ0v) is 11.2. The number of carboxylic acid groups (broad SMARTS) is 2. The van der Waals surface area contributed by atoms with Crippen molar-refractivity contribution in [2.75, 3.05) is 0 Å². The third-order valence-electron chi connectivity index (χ3n) is 2.19. The molecule has 0 heterocycles. The molecule has 0 aliphatic heterocycles. The molecule has 0 rings (SSSR count). The first-order valence-corrected chi connectivity index (χ1v) is 6.33. The molecule has 0 radical (unpaired) electrons. The Balaban J connectivity index is 0. The van der Waals surface area contributed by atoms with Gasteiger partial charge in [0.1, 0.15) is 6.42 Å². The fraction of sp³-hybridized carbons (Fsp3) is 0.833. The summed E-state index contributed by atoms with van der Waals surface area (Å²) in [5.74, 6) is -2.62. The molecule has 0 spiro atoms. The Hall–Kier alpha value is -0.463. The second kappa shape index (κ2) is 13.6. The molecule has 0 bridgehead atoms. The van der Waals surface area contributed by atoms with Gasteiger partial charge in [-0.3, -0.25) is 9.59 Å². The third-order valence-corrected chi connectivity index (χ3v) is 2.19. The van der Waals surface area contributed by atoms with Crippen molar-refractivity contribution in [1.82, 2.24) is 0 Å². The van der Waals surface area contributed by atoms with Crippen LogP contribution in [-0.2, 0) is 9.59 Å². The van der Waals surface area contributed by atoms with Crippen molar-refractivity contribution in [3.8, 4) is 0 Å². The van der Waals surface area contributed by atoms with Crippen molar-refractivity contribution in [3.63, 3.8) is 0 Å². The molecule has 0 amide bonds. The number of hydrogen-bond acceptors (Lipinski definition) is 2. The fourth-order valence-corrected chi connectivity index (χ4v) is 1.29. The number of unbranched alkanes of at least 4 members (excludes halogenated alkanes) is 4. The molecule has 0 aromatic rings. The van der Waals surface area contributed by atoms with Crippen LogP contribution in [0.25, 0.3) is 0 Å². The van der Waals surface area contributed by atoms with Crippen LogP contribution in [0, 0.1) is 0 Å². The molecule has 17 heavy (non-hydrogen) atoms. The monoisotopic (exact) mass is 238 g/mol. The molecule has 0 saturated heterocycles. The summed E-state index contributed by atoms with van der Waals surface area (Å²) in [5.41, 5.74) is 0. The van der Waals surface area contributed by atoms with Gasteiger partial charge in [0, 0.05) is 0 Å². The van der Waals surface area contributed by atoms with Crippen LogP contribution >= 0.6 is 0 Å². The van der Waals surface area contributed by atoms with Crippen molar-refractivity contribution in [3.05, 3.63) is 0 Å². The number of carboxylic acids is 2. The average molecular weight is 238 g/mol. The molecule has 0 fully saturated rings. The molecule has 96 valence electrons. The summed E-state index contributed by atoms with van der Waals surface area (Å²) in [7, 11) is 0. The third kappa shape index (κ3) is 25.6. The van der Waals surface area contributed by atoms with Gasteiger partial charge in [0.05, 0.1) is 0 Å². The molecule has 5 heteroatoms. The van der Waals surface area contributed by atoms with Crippen LogP contribution in [0.15, 0.2) is 0 Å². The molecular weight excluding hydrogens is 215 g/mol. The summed E-state index contributed by atoms with van der Waals surface area (Å²) in [6, 6.07) is 0. The minimum atomic E-state index is -1.31. The first kappa shape index (κ1) is 18.9. The number of carbonyl (C=O) groups is 2. The Morgan fingerprint density at radius 2 is 1.53 bits per heavy atom. The summed E-state index contributed by atoms with van der Waals surface area (Å²) in [5, 5.41) is 15.4. The van der Waals surface area contributed by atoms with E-state index in [4.69, 9.17) is 10.2 Å². The van der Waals surface area contributed by atoms with Crippen LogP contribution in [-0.4, -0.2) is 39.9 Å². The second-order valence-electron chi connectivity index (χ2n) is 4.56. The molecule has 0 aliphatic rings. The SMILES string of the molecule is O=C(O)CC(=O)O.[Li][CH](C)CCCCCCC. The quantitative estimate of drug-likeness (QED) is 0.387. The fourth-order valence-electron chi connectivity index (χ4n) is 1.29. The molecule has 4 nitrogen and oxygen atoms in total. The van der Waals surface area contributed by atoms with Crippen molar-refractivity contribution < 1.29 is 19.8 Å². The van der Waals surface area contributed by atoms with Gasteiger partial charge in [-0.2, -0.15) is 0 Å². The van der Waals surface area contributed by atoms with Gasteiger partial charge in [-0.1, -0.05) is 0 Å². The maximum atomic E-state index is 9.43. The Morgan fingerprint density at radius 3 is 1.82 bits per heavy atom. The molecule has 0 aromatic carbocycles. The molecule has 0 aliphatic carbocycles. The average Bonchev–Trinajstić information content (AvgIpc) is 2.15. The van der Waals surface area contributed by atoms with E-state index in [9.17, 15) is 9.59 Å². The van der Waals surface area contributed by atoms with E-state index in [1.54, 1.807) is 0 Å². The molecule has 2 N–H and O–H groups in total. The molecule has 1 unspecified atom stereocenters. The van der Waals surface area contributed by atoms with Gasteiger partial charge in [0.2, 0.25) is 0 Å². The van der Waals surface area contributed by atoms with E-state index in [0.29, 0.717) is 0 Å². The Kier molecular flexibility index (Phi) is 15.1. The van der Waals surface area contributed by atoms with Crippen molar-refractivity contribution in [1.29, 1.82) is 0 Å².